The Morgan fingerprint density at radius 1 is 1.10 bits per heavy atom. The van der Waals surface area contributed by atoms with Gasteiger partial charge in [-0.3, -0.25) is 10.2 Å². The average Bonchev–Trinajstić information content (AvgIpc) is 2.74. The molecule has 2 rings (SSSR count). The molecule has 3 amide bonds. The number of nitrogens with one attached hydrogen (secondary N) is 2. The van der Waals surface area contributed by atoms with Crippen molar-refractivity contribution in [2.45, 2.75) is 32.6 Å². The van der Waals surface area contributed by atoms with Crippen molar-refractivity contribution < 1.29 is 19.1 Å². The van der Waals surface area contributed by atoms with Crippen LogP contribution in [0.4, 0.5) is 21.0 Å². The lowest BCUT2D eigenvalue weighted by molar-refractivity contribution is 0.0351. The SMILES string of the molecule is CCCCCCN(CCN1CCOCC1)C(=O)Nc1cccc(NC(=O)OC)c1. The first-order valence-corrected chi connectivity index (χ1v) is 10.4. The van der Waals surface area contributed by atoms with Crippen molar-refractivity contribution in [1.29, 1.82) is 0 Å². The first-order chi connectivity index (χ1) is 14.1. The van der Waals surface area contributed by atoms with E-state index in [1.807, 2.05) is 4.90 Å². The molecular weight excluding hydrogens is 372 g/mol. The number of ether oxygens (including phenoxy) is 2. The molecule has 1 heterocycles. The van der Waals surface area contributed by atoms with E-state index < -0.39 is 6.09 Å². The predicted molar refractivity (Wildman–Crippen MR) is 114 cm³/mol. The lowest BCUT2D eigenvalue weighted by atomic mass is 10.2. The van der Waals surface area contributed by atoms with Crippen LogP contribution in [0.5, 0.6) is 0 Å². The molecule has 29 heavy (non-hydrogen) atoms. The van der Waals surface area contributed by atoms with Crippen LogP contribution in [0.2, 0.25) is 0 Å². The molecule has 8 heteroatoms. The van der Waals surface area contributed by atoms with Gasteiger partial charge in [-0.25, -0.2) is 9.59 Å². The number of carbonyl (C=O) groups excluding carboxylic acids is 2. The molecule has 8 nitrogen and oxygen atoms in total. The number of hydrogen-bond donors (Lipinski definition) is 2. The quantitative estimate of drug-likeness (QED) is 0.580. The van der Waals surface area contributed by atoms with Crippen LogP contribution in [-0.2, 0) is 9.47 Å². The smallest absolute Gasteiger partial charge is 0.411 e. The second-order valence-electron chi connectivity index (χ2n) is 7.13. The highest BCUT2D eigenvalue weighted by Gasteiger charge is 2.17. The van der Waals surface area contributed by atoms with E-state index in [0.29, 0.717) is 17.9 Å². The zero-order chi connectivity index (χ0) is 20.9. The number of urea groups is 1. The maximum Gasteiger partial charge on any atom is 0.411 e. The summed E-state index contributed by atoms with van der Waals surface area (Å²) in [5.41, 5.74) is 1.20. The van der Waals surface area contributed by atoms with Crippen molar-refractivity contribution in [2.75, 3.05) is 63.7 Å². The van der Waals surface area contributed by atoms with E-state index in [4.69, 9.17) is 4.74 Å². The van der Waals surface area contributed by atoms with Gasteiger partial charge in [-0.2, -0.15) is 0 Å². The van der Waals surface area contributed by atoms with Gasteiger partial charge in [0.25, 0.3) is 0 Å². The third kappa shape index (κ3) is 8.70. The summed E-state index contributed by atoms with van der Waals surface area (Å²) in [6.45, 7) is 7.76. The Hall–Kier alpha value is -2.32. The number of rotatable bonds is 10. The summed E-state index contributed by atoms with van der Waals surface area (Å²) in [4.78, 5) is 28.5. The Labute approximate surface area is 173 Å². The number of morpholine rings is 1. The highest BCUT2D eigenvalue weighted by Crippen LogP contribution is 2.16. The van der Waals surface area contributed by atoms with Crippen LogP contribution in [0, 0.1) is 0 Å². The molecule has 1 aromatic carbocycles. The van der Waals surface area contributed by atoms with Crippen molar-refractivity contribution >= 4 is 23.5 Å². The van der Waals surface area contributed by atoms with E-state index in [2.05, 4.69) is 27.2 Å². The van der Waals surface area contributed by atoms with Gasteiger partial charge in [0.1, 0.15) is 0 Å². The van der Waals surface area contributed by atoms with Crippen LogP contribution in [0.25, 0.3) is 0 Å². The molecule has 0 bridgehead atoms. The van der Waals surface area contributed by atoms with Crippen LogP contribution in [-0.4, -0.2) is 75.0 Å². The fourth-order valence-corrected chi connectivity index (χ4v) is 3.18. The Bertz CT molecular complexity index is 635. The van der Waals surface area contributed by atoms with Crippen LogP contribution < -0.4 is 10.6 Å². The Kier molecular flexibility index (Phi) is 10.3. The molecule has 0 spiro atoms. The summed E-state index contributed by atoms with van der Waals surface area (Å²) in [7, 11) is 1.31. The van der Waals surface area contributed by atoms with Gasteiger partial charge >= 0.3 is 12.1 Å². The Balaban J connectivity index is 1.93. The highest BCUT2D eigenvalue weighted by molar-refractivity contribution is 5.91. The number of amides is 3. The van der Waals surface area contributed by atoms with Gasteiger partial charge in [0.05, 0.1) is 20.3 Å². The number of methoxy groups -OCH3 is 1. The van der Waals surface area contributed by atoms with E-state index in [0.717, 1.165) is 52.2 Å². The molecule has 0 aliphatic carbocycles. The molecule has 1 aromatic rings. The molecule has 1 saturated heterocycles. The third-order valence-electron chi connectivity index (χ3n) is 4.90. The number of nitrogens with zero attached hydrogens (tertiary/aromatic N) is 2. The summed E-state index contributed by atoms with van der Waals surface area (Å²) in [5.74, 6) is 0. The largest absolute Gasteiger partial charge is 0.453 e. The first kappa shape index (κ1) is 23.0. The lowest BCUT2D eigenvalue weighted by Crippen LogP contribution is -2.44. The predicted octanol–water partition coefficient (Wildman–Crippen LogP) is 3.61. The van der Waals surface area contributed by atoms with E-state index in [9.17, 15) is 9.59 Å². The number of unbranched alkanes of at least 4 members (excludes halogenated alkanes) is 3. The molecular formula is C21H34N4O4. The maximum absolute atomic E-state index is 12.9. The number of hydrogen-bond acceptors (Lipinski definition) is 5. The first-order valence-electron chi connectivity index (χ1n) is 10.4. The van der Waals surface area contributed by atoms with Crippen LogP contribution in [0.15, 0.2) is 24.3 Å². The number of anilines is 2. The van der Waals surface area contributed by atoms with Crippen molar-refractivity contribution in [2.24, 2.45) is 0 Å². The third-order valence-corrected chi connectivity index (χ3v) is 4.90. The molecule has 1 aliphatic rings. The summed E-state index contributed by atoms with van der Waals surface area (Å²) >= 11 is 0. The van der Waals surface area contributed by atoms with E-state index in [1.54, 1.807) is 24.3 Å². The van der Waals surface area contributed by atoms with E-state index >= 15 is 0 Å². The summed E-state index contributed by atoms with van der Waals surface area (Å²) in [5, 5.41) is 5.56. The topological polar surface area (TPSA) is 83.1 Å². The second-order valence-corrected chi connectivity index (χ2v) is 7.13. The Morgan fingerprint density at radius 3 is 2.52 bits per heavy atom. The molecule has 0 aromatic heterocycles. The fourth-order valence-electron chi connectivity index (χ4n) is 3.18. The van der Waals surface area contributed by atoms with Gasteiger partial charge in [-0.15, -0.1) is 0 Å². The van der Waals surface area contributed by atoms with Gasteiger partial charge in [0, 0.05) is 44.1 Å². The fraction of sp³-hybridized carbons (Fsp3) is 0.619. The molecule has 0 radical (unpaired) electrons. The lowest BCUT2D eigenvalue weighted by Gasteiger charge is -2.30. The molecule has 1 fully saturated rings. The summed E-state index contributed by atoms with van der Waals surface area (Å²) in [6, 6.07) is 6.92. The van der Waals surface area contributed by atoms with Crippen molar-refractivity contribution in [3.8, 4) is 0 Å². The Morgan fingerprint density at radius 2 is 1.83 bits per heavy atom. The normalized spacial score (nSPS) is 14.3. The zero-order valence-corrected chi connectivity index (χ0v) is 17.6. The molecule has 162 valence electrons. The summed E-state index contributed by atoms with van der Waals surface area (Å²) < 4.78 is 10.0. The van der Waals surface area contributed by atoms with Crippen LogP contribution >= 0.6 is 0 Å². The van der Waals surface area contributed by atoms with Gasteiger partial charge in [-0.05, 0) is 24.6 Å². The van der Waals surface area contributed by atoms with Crippen LogP contribution in [0.1, 0.15) is 32.6 Å². The van der Waals surface area contributed by atoms with E-state index in [-0.39, 0.29) is 6.03 Å². The molecule has 0 unspecified atom stereocenters. The van der Waals surface area contributed by atoms with Crippen molar-refractivity contribution in [3.63, 3.8) is 0 Å². The van der Waals surface area contributed by atoms with Gasteiger partial charge < -0.3 is 19.7 Å². The monoisotopic (exact) mass is 406 g/mol. The average molecular weight is 407 g/mol. The molecule has 1 aliphatic heterocycles. The van der Waals surface area contributed by atoms with Crippen LogP contribution in [0.3, 0.4) is 0 Å². The minimum atomic E-state index is -0.545. The minimum absolute atomic E-state index is 0.120. The standard InChI is InChI=1S/C21H34N4O4/c1-3-4-5-6-10-25(12-11-24-13-15-29-16-14-24)20(26)22-18-8-7-9-19(17-18)23-21(27)28-2/h7-9,17H,3-6,10-16H2,1-2H3,(H,22,26)(H,23,27). The minimum Gasteiger partial charge on any atom is -0.453 e. The molecule has 0 atom stereocenters. The van der Waals surface area contributed by atoms with Crippen molar-refractivity contribution in [3.05, 3.63) is 24.3 Å². The van der Waals surface area contributed by atoms with Crippen molar-refractivity contribution in [1.82, 2.24) is 9.80 Å². The summed E-state index contributed by atoms with van der Waals surface area (Å²) in [6.07, 6.45) is 3.92. The van der Waals surface area contributed by atoms with Gasteiger partial charge in [0.2, 0.25) is 0 Å². The maximum atomic E-state index is 12.9. The number of carbonyl (C=O) groups is 2. The zero-order valence-electron chi connectivity index (χ0n) is 17.6. The van der Waals surface area contributed by atoms with Gasteiger partial charge in [-0.1, -0.05) is 32.3 Å². The molecule has 2 N–H and O–H groups in total. The van der Waals surface area contributed by atoms with Gasteiger partial charge in [0.15, 0.2) is 0 Å². The number of benzene rings is 1. The molecule has 0 saturated carbocycles. The second kappa shape index (κ2) is 13.0. The van der Waals surface area contributed by atoms with E-state index in [1.165, 1.54) is 20.0 Å². The highest BCUT2D eigenvalue weighted by atomic mass is 16.5.